The maximum Gasteiger partial charge on any atom is 0.373 e. The van der Waals surface area contributed by atoms with Crippen LogP contribution in [0.25, 0.3) is 0 Å². The van der Waals surface area contributed by atoms with Crippen molar-refractivity contribution in [2.45, 2.75) is 39.2 Å². The van der Waals surface area contributed by atoms with E-state index >= 15 is 0 Å². The van der Waals surface area contributed by atoms with Crippen LogP contribution in [0.2, 0.25) is 0 Å². The lowest BCUT2D eigenvalue weighted by atomic mass is 10.0. The van der Waals surface area contributed by atoms with E-state index in [4.69, 9.17) is 0 Å². The summed E-state index contributed by atoms with van der Waals surface area (Å²) < 4.78 is 2.06. The summed E-state index contributed by atoms with van der Waals surface area (Å²) in [5.41, 5.74) is 4.23. The van der Waals surface area contributed by atoms with Crippen LogP contribution in [-0.2, 0) is 19.4 Å². The number of fused-ring (bicyclic) bond motifs is 1. The van der Waals surface area contributed by atoms with Crippen molar-refractivity contribution in [1.29, 1.82) is 0 Å². The first-order valence-electron chi connectivity index (χ1n) is 10.9. The molecule has 0 saturated carbocycles. The highest BCUT2D eigenvalue weighted by Crippen LogP contribution is 2.30. The topological polar surface area (TPSA) is 67.6 Å². The van der Waals surface area contributed by atoms with Gasteiger partial charge >= 0.3 is 11.9 Å². The number of nitrogens with one attached hydrogen (secondary N) is 2. The molecule has 0 spiro atoms. The molecule has 2 aliphatic heterocycles. The van der Waals surface area contributed by atoms with Crippen molar-refractivity contribution in [2.24, 2.45) is 0 Å². The summed E-state index contributed by atoms with van der Waals surface area (Å²) in [5, 5.41) is 19.5. The average molecular weight is 428 g/mol. The monoisotopic (exact) mass is 427 g/mol. The average Bonchev–Trinajstić information content (AvgIpc) is 3.16. The van der Waals surface area contributed by atoms with Gasteiger partial charge in [-0.25, -0.2) is 4.79 Å². The fourth-order valence-electron chi connectivity index (χ4n) is 4.23. The van der Waals surface area contributed by atoms with E-state index in [-0.39, 0.29) is 6.03 Å². The number of benzene rings is 1. The lowest BCUT2D eigenvalue weighted by Gasteiger charge is -2.27. The van der Waals surface area contributed by atoms with Gasteiger partial charge in [-0.2, -0.15) is 4.58 Å². The number of aryl methyl sites for hydroxylation is 2. The Bertz CT molecular complexity index is 931. The van der Waals surface area contributed by atoms with E-state index in [1.807, 2.05) is 17.0 Å². The largest absolute Gasteiger partial charge is 0.459 e. The highest BCUT2D eigenvalue weighted by Gasteiger charge is 2.26. The number of piperazine rings is 1. The normalized spacial score (nSPS) is 18.5. The molecule has 2 amide bonds. The van der Waals surface area contributed by atoms with Crippen molar-refractivity contribution in [1.82, 2.24) is 15.5 Å². The Kier molecular flexibility index (Phi) is 6.69. The van der Waals surface area contributed by atoms with Crippen molar-refractivity contribution >= 4 is 29.0 Å². The number of thiophene rings is 1. The molecule has 0 aliphatic carbocycles. The fraction of sp³-hybridized carbons (Fsp3) is 0.478. The standard InChI is InChI=1S/C23H30N4O2S/c1-2-17-15-18(22(28)27-11-4-3-5-21-20(27)8-14-30-21)6-7-19(17)16-25-23(29)26-12-9-24-10-13-26/h6-8,14-15,24H,2-5,9-13,16H2,1H3,(H,25,29)/p+1. The molecule has 30 heavy (non-hydrogen) atoms. The van der Waals surface area contributed by atoms with Gasteiger partial charge in [0, 0.05) is 45.2 Å². The van der Waals surface area contributed by atoms with Crippen molar-refractivity contribution in [3.05, 3.63) is 51.2 Å². The first-order valence-corrected chi connectivity index (χ1v) is 11.8. The minimum atomic E-state index is -0.00778. The number of hydrogen-bond acceptors (Lipinski definition) is 3. The highest BCUT2D eigenvalue weighted by atomic mass is 32.1. The van der Waals surface area contributed by atoms with Crippen molar-refractivity contribution < 1.29 is 14.5 Å². The van der Waals surface area contributed by atoms with Crippen LogP contribution in [-0.4, -0.2) is 59.2 Å². The number of carbonyl (C=O) groups excluding carboxylic acids is 1. The fourth-order valence-corrected chi connectivity index (χ4v) is 5.15. The molecule has 1 saturated heterocycles. The Morgan fingerprint density at radius 3 is 2.87 bits per heavy atom. The molecule has 160 valence electrons. The lowest BCUT2D eigenvalue weighted by Crippen LogP contribution is -2.50. The van der Waals surface area contributed by atoms with Crippen molar-refractivity contribution in [3.63, 3.8) is 0 Å². The summed E-state index contributed by atoms with van der Waals surface area (Å²) in [6.45, 7) is 6.63. The quantitative estimate of drug-likeness (QED) is 0.517. The van der Waals surface area contributed by atoms with Gasteiger partial charge in [0.1, 0.15) is 0 Å². The molecule has 0 unspecified atom stereocenters. The highest BCUT2D eigenvalue weighted by molar-refractivity contribution is 7.10. The molecule has 7 heteroatoms. The molecule has 2 aromatic rings. The number of hydrogen-bond donors (Lipinski definition) is 3. The number of amides is 2. The molecule has 0 atom stereocenters. The van der Waals surface area contributed by atoms with Crippen LogP contribution in [0.4, 0.5) is 10.5 Å². The molecule has 2 aliphatic rings. The molecular weight excluding hydrogens is 396 g/mol. The maximum atomic E-state index is 12.4. The number of carbonyl (C=O) groups is 1. The van der Waals surface area contributed by atoms with Gasteiger partial charge in [-0.15, -0.1) is 11.3 Å². The van der Waals surface area contributed by atoms with Gasteiger partial charge in [-0.1, -0.05) is 13.0 Å². The zero-order chi connectivity index (χ0) is 20.9. The van der Waals surface area contributed by atoms with Gasteiger partial charge in [0.05, 0.1) is 10.4 Å². The molecule has 0 bridgehead atoms. The minimum absolute atomic E-state index is 0.00778. The van der Waals surface area contributed by atoms with E-state index in [1.165, 1.54) is 4.88 Å². The number of urea groups is 1. The number of nitrogens with zero attached hydrogens (tertiary/aromatic N) is 2. The SMILES string of the molecule is CCc1cc(C(O)=[N+]2CCCCc3sccc32)ccc1CNC(=O)N1CCNCC1. The number of rotatable bonds is 4. The lowest BCUT2D eigenvalue weighted by molar-refractivity contribution is -0.448. The van der Waals surface area contributed by atoms with Crippen LogP contribution in [0.1, 0.15) is 41.3 Å². The molecule has 1 fully saturated rings. The summed E-state index contributed by atoms with van der Waals surface area (Å²) in [5.74, 6) is 0.322. The Hall–Kier alpha value is -2.38. The van der Waals surface area contributed by atoms with E-state index in [2.05, 4.69) is 39.6 Å². The van der Waals surface area contributed by atoms with Gasteiger partial charge in [-0.05, 0) is 47.9 Å². The second-order valence-corrected chi connectivity index (χ2v) is 8.89. The zero-order valence-corrected chi connectivity index (χ0v) is 18.4. The predicted octanol–water partition coefficient (Wildman–Crippen LogP) is 3.41. The van der Waals surface area contributed by atoms with E-state index in [0.717, 1.165) is 80.8 Å². The summed E-state index contributed by atoms with van der Waals surface area (Å²) in [6.07, 6.45) is 4.16. The van der Waals surface area contributed by atoms with Crippen LogP contribution in [0.5, 0.6) is 0 Å². The predicted molar refractivity (Wildman–Crippen MR) is 121 cm³/mol. The number of aliphatic hydroxyl groups is 1. The van der Waals surface area contributed by atoms with E-state index in [9.17, 15) is 9.90 Å². The molecular formula is C23H31N4O2S+. The molecule has 3 N–H and O–H groups in total. The Balaban J connectivity index is 1.53. The molecule has 0 radical (unpaired) electrons. The molecule has 6 nitrogen and oxygen atoms in total. The molecule has 3 heterocycles. The van der Waals surface area contributed by atoms with Crippen LogP contribution < -0.4 is 10.6 Å². The molecule has 1 aromatic heterocycles. The van der Waals surface area contributed by atoms with Crippen LogP contribution in [0, 0.1) is 0 Å². The Morgan fingerprint density at radius 2 is 2.07 bits per heavy atom. The molecule has 1 aromatic carbocycles. The van der Waals surface area contributed by atoms with Crippen LogP contribution in [0.3, 0.4) is 0 Å². The first-order chi connectivity index (χ1) is 14.7. The second kappa shape index (κ2) is 9.62. The van der Waals surface area contributed by atoms with E-state index in [0.29, 0.717) is 12.4 Å². The summed E-state index contributed by atoms with van der Waals surface area (Å²) in [4.78, 5) is 15.6. The third kappa shape index (κ3) is 4.52. The van der Waals surface area contributed by atoms with Crippen molar-refractivity contribution in [2.75, 3.05) is 32.7 Å². The zero-order valence-electron chi connectivity index (χ0n) is 17.6. The minimum Gasteiger partial charge on any atom is -0.459 e. The third-order valence-corrected chi connectivity index (χ3v) is 6.95. The van der Waals surface area contributed by atoms with Gasteiger partial charge in [0.25, 0.3) is 0 Å². The maximum absolute atomic E-state index is 12.4. The summed E-state index contributed by atoms with van der Waals surface area (Å²) in [6, 6.07) is 8.18. The van der Waals surface area contributed by atoms with E-state index in [1.54, 1.807) is 11.3 Å². The first kappa shape index (κ1) is 20.9. The summed E-state index contributed by atoms with van der Waals surface area (Å²) in [7, 11) is 0. The van der Waals surface area contributed by atoms with Crippen LogP contribution in [0.15, 0.2) is 29.6 Å². The van der Waals surface area contributed by atoms with Crippen LogP contribution >= 0.6 is 11.3 Å². The summed E-state index contributed by atoms with van der Waals surface area (Å²) >= 11 is 1.77. The Morgan fingerprint density at radius 1 is 1.23 bits per heavy atom. The van der Waals surface area contributed by atoms with Gasteiger partial charge in [0.15, 0.2) is 6.54 Å². The van der Waals surface area contributed by atoms with Gasteiger partial charge in [-0.3, -0.25) is 0 Å². The second-order valence-electron chi connectivity index (χ2n) is 7.89. The Labute approximate surface area is 182 Å². The molecule has 4 rings (SSSR count). The van der Waals surface area contributed by atoms with E-state index < -0.39 is 0 Å². The van der Waals surface area contributed by atoms with Crippen molar-refractivity contribution in [3.8, 4) is 0 Å². The third-order valence-electron chi connectivity index (χ3n) is 5.98. The smallest absolute Gasteiger partial charge is 0.373 e. The van der Waals surface area contributed by atoms with Gasteiger partial charge < -0.3 is 20.6 Å². The van der Waals surface area contributed by atoms with Gasteiger partial charge in [0.2, 0.25) is 5.69 Å². The number of aliphatic hydroxyl groups excluding tert-OH is 1.